The van der Waals surface area contributed by atoms with Crippen molar-refractivity contribution in [2.75, 3.05) is 23.3 Å². The molecule has 0 aliphatic carbocycles. The topological polar surface area (TPSA) is 45.2 Å². The average Bonchev–Trinajstić information content (AvgIpc) is 2.69. The number of amides is 1. The van der Waals surface area contributed by atoms with E-state index in [1.165, 1.54) is 11.3 Å². The van der Waals surface area contributed by atoms with E-state index in [9.17, 15) is 4.79 Å². The smallest absolute Gasteiger partial charge is 0.227 e. The van der Waals surface area contributed by atoms with Crippen LogP contribution < -0.4 is 10.2 Å². The number of anilines is 2. The Morgan fingerprint density at radius 1 is 1.00 bits per heavy atom. The highest BCUT2D eigenvalue weighted by atomic mass is 16.1. The predicted molar refractivity (Wildman–Crippen MR) is 111 cm³/mol. The zero-order valence-corrected chi connectivity index (χ0v) is 15.9. The molecule has 0 bridgehead atoms. The van der Waals surface area contributed by atoms with Crippen LogP contribution >= 0.6 is 0 Å². The molecule has 3 aromatic rings. The highest BCUT2D eigenvalue weighted by Gasteiger charge is 2.25. The second-order valence-electron chi connectivity index (χ2n) is 7.38. The molecule has 0 saturated carbocycles. The van der Waals surface area contributed by atoms with Gasteiger partial charge in [0.25, 0.3) is 0 Å². The van der Waals surface area contributed by atoms with Gasteiger partial charge in [0, 0.05) is 53.0 Å². The first-order valence-electron chi connectivity index (χ1n) is 9.58. The lowest BCUT2D eigenvalue weighted by Crippen LogP contribution is -2.38. The first-order valence-corrected chi connectivity index (χ1v) is 9.58. The number of pyridine rings is 1. The SMILES string of the molecule is Cc1ccc(N2CCC(C(=O)Nc3cccc4c(C)nccc34)CC2)cc1. The van der Waals surface area contributed by atoms with E-state index in [-0.39, 0.29) is 11.8 Å². The molecule has 0 atom stereocenters. The number of fused-ring (bicyclic) bond motifs is 1. The van der Waals surface area contributed by atoms with Gasteiger partial charge in [-0.15, -0.1) is 0 Å². The predicted octanol–water partition coefficient (Wildman–Crippen LogP) is 4.71. The Morgan fingerprint density at radius 2 is 1.74 bits per heavy atom. The van der Waals surface area contributed by atoms with Crippen LogP contribution in [-0.2, 0) is 4.79 Å². The molecule has 1 amide bonds. The number of hydrogen-bond donors (Lipinski definition) is 1. The van der Waals surface area contributed by atoms with Crippen LogP contribution in [0.5, 0.6) is 0 Å². The number of carbonyl (C=O) groups excluding carboxylic acids is 1. The number of benzene rings is 2. The Hall–Kier alpha value is -2.88. The van der Waals surface area contributed by atoms with Crippen molar-refractivity contribution in [1.82, 2.24) is 4.98 Å². The Kier molecular flexibility index (Phi) is 4.80. The van der Waals surface area contributed by atoms with E-state index in [0.717, 1.165) is 48.1 Å². The molecule has 4 nitrogen and oxygen atoms in total. The second kappa shape index (κ2) is 7.39. The number of piperidine rings is 1. The van der Waals surface area contributed by atoms with Crippen molar-refractivity contribution in [1.29, 1.82) is 0 Å². The van der Waals surface area contributed by atoms with Crippen molar-refractivity contribution in [2.24, 2.45) is 5.92 Å². The monoisotopic (exact) mass is 359 g/mol. The van der Waals surface area contributed by atoms with Crippen LogP contribution in [-0.4, -0.2) is 24.0 Å². The van der Waals surface area contributed by atoms with E-state index in [0.29, 0.717) is 0 Å². The fourth-order valence-corrected chi connectivity index (χ4v) is 3.85. The Balaban J connectivity index is 1.43. The molecule has 1 aliphatic heterocycles. The van der Waals surface area contributed by atoms with Crippen molar-refractivity contribution < 1.29 is 4.79 Å². The van der Waals surface area contributed by atoms with Crippen LogP contribution in [0, 0.1) is 19.8 Å². The average molecular weight is 359 g/mol. The van der Waals surface area contributed by atoms with Gasteiger partial charge in [-0.3, -0.25) is 9.78 Å². The van der Waals surface area contributed by atoms with Gasteiger partial charge in [0.05, 0.1) is 0 Å². The van der Waals surface area contributed by atoms with Gasteiger partial charge in [-0.05, 0) is 51.0 Å². The summed E-state index contributed by atoms with van der Waals surface area (Å²) >= 11 is 0. The third-order valence-electron chi connectivity index (χ3n) is 5.53. The number of carbonyl (C=O) groups is 1. The fourth-order valence-electron chi connectivity index (χ4n) is 3.85. The largest absolute Gasteiger partial charge is 0.371 e. The van der Waals surface area contributed by atoms with Crippen LogP contribution in [0.3, 0.4) is 0 Å². The lowest BCUT2D eigenvalue weighted by molar-refractivity contribution is -0.120. The van der Waals surface area contributed by atoms with Crippen LogP contribution in [0.4, 0.5) is 11.4 Å². The summed E-state index contributed by atoms with van der Waals surface area (Å²) in [5, 5.41) is 5.30. The minimum atomic E-state index is 0.0601. The molecule has 4 heteroatoms. The zero-order chi connectivity index (χ0) is 18.8. The summed E-state index contributed by atoms with van der Waals surface area (Å²) in [6.45, 7) is 5.93. The molecule has 2 aromatic carbocycles. The van der Waals surface area contributed by atoms with Gasteiger partial charge in [0.1, 0.15) is 0 Å². The second-order valence-corrected chi connectivity index (χ2v) is 7.38. The van der Waals surface area contributed by atoms with Crippen molar-refractivity contribution in [2.45, 2.75) is 26.7 Å². The Morgan fingerprint density at radius 3 is 2.48 bits per heavy atom. The van der Waals surface area contributed by atoms with E-state index in [1.54, 1.807) is 6.20 Å². The van der Waals surface area contributed by atoms with E-state index in [4.69, 9.17) is 0 Å². The minimum Gasteiger partial charge on any atom is -0.371 e. The molecule has 138 valence electrons. The third-order valence-corrected chi connectivity index (χ3v) is 5.53. The number of nitrogens with one attached hydrogen (secondary N) is 1. The standard InChI is InChI=1S/C23H25N3O/c1-16-6-8-19(9-7-16)26-14-11-18(12-15-26)23(27)25-22-5-3-4-20-17(2)24-13-10-21(20)22/h3-10,13,18H,11-12,14-15H2,1-2H3,(H,25,27). The lowest BCUT2D eigenvalue weighted by atomic mass is 9.95. The van der Waals surface area contributed by atoms with Crippen LogP contribution in [0.1, 0.15) is 24.1 Å². The maximum absolute atomic E-state index is 12.8. The summed E-state index contributed by atoms with van der Waals surface area (Å²) in [6.07, 6.45) is 3.56. The summed E-state index contributed by atoms with van der Waals surface area (Å²) in [7, 11) is 0. The Labute approximate surface area is 160 Å². The molecule has 4 rings (SSSR count). The van der Waals surface area contributed by atoms with Gasteiger partial charge in [0.15, 0.2) is 0 Å². The molecule has 1 aromatic heterocycles. The van der Waals surface area contributed by atoms with Crippen molar-refractivity contribution in [3.05, 3.63) is 66.0 Å². The molecule has 1 N–H and O–H groups in total. The van der Waals surface area contributed by atoms with Crippen LogP contribution in [0.25, 0.3) is 10.8 Å². The maximum Gasteiger partial charge on any atom is 0.227 e. The van der Waals surface area contributed by atoms with Gasteiger partial charge in [0.2, 0.25) is 5.91 Å². The maximum atomic E-state index is 12.8. The molecular formula is C23H25N3O. The van der Waals surface area contributed by atoms with Gasteiger partial charge >= 0.3 is 0 Å². The zero-order valence-electron chi connectivity index (χ0n) is 15.9. The van der Waals surface area contributed by atoms with Crippen molar-refractivity contribution >= 4 is 28.1 Å². The Bertz CT molecular complexity index is 957. The van der Waals surface area contributed by atoms with Crippen molar-refractivity contribution in [3.8, 4) is 0 Å². The van der Waals surface area contributed by atoms with E-state index >= 15 is 0 Å². The number of rotatable bonds is 3. The van der Waals surface area contributed by atoms with Crippen LogP contribution in [0.15, 0.2) is 54.7 Å². The summed E-state index contributed by atoms with van der Waals surface area (Å²) in [5.41, 5.74) is 4.38. The van der Waals surface area contributed by atoms with Gasteiger partial charge in [-0.1, -0.05) is 29.8 Å². The number of aryl methyl sites for hydroxylation is 2. The third kappa shape index (κ3) is 3.65. The molecule has 27 heavy (non-hydrogen) atoms. The normalized spacial score (nSPS) is 15.1. The quantitative estimate of drug-likeness (QED) is 0.737. The number of aromatic nitrogens is 1. The van der Waals surface area contributed by atoms with Crippen LogP contribution in [0.2, 0.25) is 0 Å². The van der Waals surface area contributed by atoms with Gasteiger partial charge in [-0.25, -0.2) is 0 Å². The summed E-state index contributed by atoms with van der Waals surface area (Å²) in [4.78, 5) is 19.6. The first kappa shape index (κ1) is 17.5. The molecule has 1 saturated heterocycles. The van der Waals surface area contributed by atoms with Crippen molar-refractivity contribution in [3.63, 3.8) is 0 Å². The molecule has 0 radical (unpaired) electrons. The lowest BCUT2D eigenvalue weighted by Gasteiger charge is -2.33. The number of nitrogens with zero attached hydrogens (tertiary/aromatic N) is 2. The van der Waals surface area contributed by atoms with E-state index < -0.39 is 0 Å². The molecular weight excluding hydrogens is 334 g/mol. The molecule has 1 fully saturated rings. The number of hydrogen-bond acceptors (Lipinski definition) is 3. The van der Waals surface area contributed by atoms with E-state index in [2.05, 4.69) is 46.4 Å². The van der Waals surface area contributed by atoms with Gasteiger partial charge in [-0.2, -0.15) is 0 Å². The molecule has 0 spiro atoms. The highest BCUT2D eigenvalue weighted by molar-refractivity contribution is 6.03. The molecule has 2 heterocycles. The highest BCUT2D eigenvalue weighted by Crippen LogP contribution is 2.28. The molecule has 0 unspecified atom stereocenters. The summed E-state index contributed by atoms with van der Waals surface area (Å²) < 4.78 is 0. The minimum absolute atomic E-state index is 0.0601. The fraction of sp³-hybridized carbons (Fsp3) is 0.304. The summed E-state index contributed by atoms with van der Waals surface area (Å²) in [6, 6.07) is 16.6. The van der Waals surface area contributed by atoms with E-state index in [1.807, 2.05) is 31.2 Å². The summed E-state index contributed by atoms with van der Waals surface area (Å²) in [5.74, 6) is 0.186. The van der Waals surface area contributed by atoms with Gasteiger partial charge < -0.3 is 10.2 Å². The molecule has 1 aliphatic rings. The first-order chi connectivity index (χ1) is 13.1.